The summed E-state index contributed by atoms with van der Waals surface area (Å²) >= 11 is 0. The van der Waals surface area contributed by atoms with Gasteiger partial charge in [0, 0.05) is 18.8 Å². The Hall–Kier alpha value is -2.08. The lowest BCUT2D eigenvalue weighted by Crippen LogP contribution is -2.18. The van der Waals surface area contributed by atoms with E-state index in [1.54, 1.807) is 6.07 Å². The minimum absolute atomic E-state index is 0.0421. The Bertz CT molecular complexity index is 754. The van der Waals surface area contributed by atoms with Gasteiger partial charge in [0.2, 0.25) is 0 Å². The van der Waals surface area contributed by atoms with Crippen molar-refractivity contribution in [1.29, 1.82) is 0 Å². The monoisotopic (exact) mass is 320 g/mol. The summed E-state index contributed by atoms with van der Waals surface area (Å²) in [6, 6.07) is 12.1. The molecule has 0 amide bonds. The zero-order valence-corrected chi connectivity index (χ0v) is 12.8. The maximum absolute atomic E-state index is 12.9. The molecule has 0 saturated carbocycles. The lowest BCUT2D eigenvalue weighted by atomic mass is 10.2. The molecule has 4 nitrogen and oxygen atoms in total. The quantitative estimate of drug-likeness (QED) is 0.941. The Balaban J connectivity index is 1.82. The average Bonchev–Trinajstić information content (AvgIpc) is 3.02. The van der Waals surface area contributed by atoms with Crippen molar-refractivity contribution < 1.29 is 12.8 Å². The van der Waals surface area contributed by atoms with Crippen LogP contribution in [0.3, 0.4) is 0 Å². The van der Waals surface area contributed by atoms with Gasteiger partial charge in [-0.05, 0) is 55.3 Å². The first-order chi connectivity index (χ1) is 10.5. The van der Waals surface area contributed by atoms with Crippen molar-refractivity contribution in [2.75, 3.05) is 22.7 Å². The summed E-state index contributed by atoms with van der Waals surface area (Å²) in [5, 5.41) is 0. The van der Waals surface area contributed by atoms with Gasteiger partial charge in [-0.15, -0.1) is 0 Å². The van der Waals surface area contributed by atoms with Crippen LogP contribution < -0.4 is 9.62 Å². The number of halogens is 1. The number of nitrogens with one attached hydrogen (secondary N) is 1. The van der Waals surface area contributed by atoms with E-state index in [9.17, 15) is 12.8 Å². The molecule has 2 aromatic rings. The summed E-state index contributed by atoms with van der Waals surface area (Å²) < 4.78 is 40.0. The zero-order chi connectivity index (χ0) is 15.6. The highest BCUT2D eigenvalue weighted by Crippen LogP contribution is 2.25. The van der Waals surface area contributed by atoms with E-state index in [1.807, 2.05) is 18.2 Å². The topological polar surface area (TPSA) is 49.4 Å². The van der Waals surface area contributed by atoms with Gasteiger partial charge in [-0.3, -0.25) is 4.72 Å². The molecule has 0 radical (unpaired) electrons. The number of rotatable bonds is 4. The van der Waals surface area contributed by atoms with Gasteiger partial charge in [0.1, 0.15) is 5.82 Å². The number of hydrogen-bond donors (Lipinski definition) is 1. The minimum Gasteiger partial charge on any atom is -0.371 e. The van der Waals surface area contributed by atoms with Crippen molar-refractivity contribution in [2.24, 2.45) is 0 Å². The number of hydrogen-bond acceptors (Lipinski definition) is 3. The number of benzene rings is 2. The Morgan fingerprint density at radius 3 is 2.36 bits per heavy atom. The highest BCUT2D eigenvalue weighted by molar-refractivity contribution is 7.92. The van der Waals surface area contributed by atoms with Crippen molar-refractivity contribution >= 4 is 21.4 Å². The summed E-state index contributed by atoms with van der Waals surface area (Å²) in [5.41, 5.74) is 1.52. The van der Waals surface area contributed by atoms with Crippen molar-refractivity contribution in [3.63, 3.8) is 0 Å². The van der Waals surface area contributed by atoms with E-state index < -0.39 is 15.8 Å². The van der Waals surface area contributed by atoms with E-state index in [4.69, 9.17) is 0 Å². The highest BCUT2D eigenvalue weighted by atomic mass is 32.2. The summed E-state index contributed by atoms with van der Waals surface area (Å²) in [6.45, 7) is 1.99. The predicted octanol–water partition coefficient (Wildman–Crippen LogP) is 3.23. The van der Waals surface area contributed by atoms with Crippen LogP contribution in [-0.4, -0.2) is 21.5 Å². The van der Waals surface area contributed by atoms with Gasteiger partial charge in [0.15, 0.2) is 0 Å². The molecular weight excluding hydrogens is 303 g/mol. The van der Waals surface area contributed by atoms with E-state index in [-0.39, 0.29) is 4.90 Å². The molecule has 0 spiro atoms. The Morgan fingerprint density at radius 2 is 1.68 bits per heavy atom. The van der Waals surface area contributed by atoms with Gasteiger partial charge in [-0.25, -0.2) is 12.8 Å². The van der Waals surface area contributed by atoms with Crippen LogP contribution in [0, 0.1) is 5.82 Å². The predicted molar refractivity (Wildman–Crippen MR) is 85.1 cm³/mol. The lowest BCUT2D eigenvalue weighted by molar-refractivity contribution is 0.599. The molecule has 116 valence electrons. The summed E-state index contributed by atoms with van der Waals surface area (Å²) in [7, 11) is -3.71. The van der Waals surface area contributed by atoms with E-state index >= 15 is 0 Å². The SMILES string of the molecule is O=S(=O)(Nc1cccc(N2CCCC2)c1)c1ccc(F)cc1. The molecular formula is C16H17FN2O2S. The molecule has 22 heavy (non-hydrogen) atoms. The van der Waals surface area contributed by atoms with Crippen LogP contribution in [0.2, 0.25) is 0 Å². The van der Waals surface area contributed by atoms with E-state index in [2.05, 4.69) is 9.62 Å². The molecule has 6 heteroatoms. The van der Waals surface area contributed by atoms with Gasteiger partial charge in [-0.1, -0.05) is 6.07 Å². The second kappa shape index (κ2) is 5.96. The van der Waals surface area contributed by atoms with Crippen LogP contribution in [0.5, 0.6) is 0 Å². The highest BCUT2D eigenvalue weighted by Gasteiger charge is 2.16. The van der Waals surface area contributed by atoms with E-state index in [0.717, 1.165) is 43.8 Å². The van der Waals surface area contributed by atoms with Gasteiger partial charge in [0.05, 0.1) is 10.6 Å². The van der Waals surface area contributed by atoms with Gasteiger partial charge in [-0.2, -0.15) is 0 Å². The van der Waals surface area contributed by atoms with Crippen molar-refractivity contribution in [3.8, 4) is 0 Å². The molecule has 0 aromatic heterocycles. The molecule has 1 aliphatic rings. The van der Waals surface area contributed by atoms with Gasteiger partial charge >= 0.3 is 0 Å². The van der Waals surface area contributed by atoms with Crippen molar-refractivity contribution in [3.05, 3.63) is 54.3 Å². The minimum atomic E-state index is -3.71. The van der Waals surface area contributed by atoms with Crippen LogP contribution in [-0.2, 0) is 10.0 Å². The zero-order valence-electron chi connectivity index (χ0n) is 12.0. The third-order valence-electron chi connectivity index (χ3n) is 3.69. The Labute approximate surface area is 129 Å². The smallest absolute Gasteiger partial charge is 0.261 e. The fraction of sp³-hybridized carbons (Fsp3) is 0.250. The second-order valence-electron chi connectivity index (χ2n) is 5.30. The van der Waals surface area contributed by atoms with Gasteiger partial charge in [0.25, 0.3) is 10.0 Å². The normalized spacial score (nSPS) is 15.0. The molecule has 1 fully saturated rings. The number of nitrogens with zero attached hydrogens (tertiary/aromatic N) is 1. The standard InChI is InChI=1S/C16H17FN2O2S/c17-13-6-8-16(9-7-13)22(20,21)18-14-4-3-5-15(12-14)19-10-1-2-11-19/h3-9,12,18H,1-2,10-11H2. The van der Waals surface area contributed by atoms with Gasteiger partial charge < -0.3 is 4.90 Å². The number of anilines is 2. The van der Waals surface area contributed by atoms with E-state index in [0.29, 0.717) is 5.69 Å². The van der Waals surface area contributed by atoms with Crippen LogP contribution in [0.4, 0.5) is 15.8 Å². The molecule has 1 N–H and O–H groups in total. The number of sulfonamides is 1. The van der Waals surface area contributed by atoms with Crippen molar-refractivity contribution in [2.45, 2.75) is 17.7 Å². The Morgan fingerprint density at radius 1 is 1.00 bits per heavy atom. The molecule has 2 aromatic carbocycles. The maximum atomic E-state index is 12.9. The first-order valence-electron chi connectivity index (χ1n) is 7.18. The molecule has 3 rings (SSSR count). The molecule has 0 aliphatic carbocycles. The van der Waals surface area contributed by atoms with Crippen molar-refractivity contribution in [1.82, 2.24) is 0 Å². The molecule has 0 bridgehead atoms. The van der Waals surface area contributed by atoms with Crippen LogP contribution in [0.15, 0.2) is 53.4 Å². The van der Waals surface area contributed by atoms with Crippen LogP contribution >= 0.6 is 0 Å². The maximum Gasteiger partial charge on any atom is 0.261 e. The third kappa shape index (κ3) is 3.22. The summed E-state index contributed by atoms with van der Waals surface area (Å²) in [5.74, 6) is -0.463. The Kier molecular flexibility index (Phi) is 4.02. The fourth-order valence-corrected chi connectivity index (χ4v) is 3.62. The van der Waals surface area contributed by atoms with Crippen LogP contribution in [0.1, 0.15) is 12.8 Å². The largest absolute Gasteiger partial charge is 0.371 e. The average molecular weight is 320 g/mol. The van der Waals surface area contributed by atoms with Crippen LogP contribution in [0.25, 0.3) is 0 Å². The fourth-order valence-electron chi connectivity index (χ4n) is 2.57. The molecule has 0 unspecified atom stereocenters. The first kappa shape index (κ1) is 14.8. The second-order valence-corrected chi connectivity index (χ2v) is 6.99. The third-order valence-corrected chi connectivity index (χ3v) is 5.09. The molecule has 1 aliphatic heterocycles. The summed E-state index contributed by atoms with van der Waals surface area (Å²) in [4.78, 5) is 2.27. The summed E-state index contributed by atoms with van der Waals surface area (Å²) in [6.07, 6.45) is 2.32. The van der Waals surface area contributed by atoms with E-state index in [1.165, 1.54) is 12.1 Å². The molecule has 1 heterocycles. The molecule has 0 atom stereocenters. The first-order valence-corrected chi connectivity index (χ1v) is 8.66. The molecule has 1 saturated heterocycles. The lowest BCUT2D eigenvalue weighted by Gasteiger charge is -2.18.